The summed E-state index contributed by atoms with van der Waals surface area (Å²) in [6.45, 7) is 6.15. The van der Waals surface area contributed by atoms with Crippen molar-refractivity contribution < 1.29 is 4.79 Å². The Morgan fingerprint density at radius 1 is 1.03 bits per heavy atom. The molecule has 0 fully saturated rings. The van der Waals surface area contributed by atoms with E-state index in [1.807, 2.05) is 63.4 Å². The number of hydrogen-bond donors (Lipinski definition) is 2. The maximum absolute atomic E-state index is 13.7. The lowest BCUT2D eigenvalue weighted by molar-refractivity contribution is 0.254. The molecular formula is C24H26ClN5O. The van der Waals surface area contributed by atoms with Crippen molar-refractivity contribution >= 4 is 40.5 Å². The van der Waals surface area contributed by atoms with Crippen LogP contribution in [-0.2, 0) is 0 Å². The van der Waals surface area contributed by atoms with Gasteiger partial charge < -0.3 is 10.6 Å². The normalized spacial score (nSPS) is 13.0. The Balaban J connectivity index is 1.84. The first-order valence-corrected chi connectivity index (χ1v) is 10.8. The standard InChI is InChI=1S/C24H26ClN5O/c1-4-29-23-21(13-16(2)15-28-23)20-10-5-17(25)14-22(20)30(24(29)31)19-8-6-18(7-9-19)27-12-11-26-3/h5-10,13-15,26-27H,4,11-12H2,1-3H3. The summed E-state index contributed by atoms with van der Waals surface area (Å²) >= 11 is 6.37. The fourth-order valence-electron chi connectivity index (χ4n) is 3.80. The fourth-order valence-corrected chi connectivity index (χ4v) is 3.97. The molecule has 0 saturated carbocycles. The molecule has 1 aliphatic heterocycles. The van der Waals surface area contributed by atoms with Gasteiger partial charge in [-0.15, -0.1) is 0 Å². The van der Waals surface area contributed by atoms with E-state index in [2.05, 4.69) is 21.7 Å². The Hall–Kier alpha value is -3.09. The number of halogens is 1. The Labute approximate surface area is 187 Å². The van der Waals surface area contributed by atoms with E-state index in [-0.39, 0.29) is 6.03 Å². The monoisotopic (exact) mass is 435 g/mol. The molecular weight excluding hydrogens is 410 g/mol. The number of hydrogen-bond acceptors (Lipinski definition) is 4. The number of nitrogens with one attached hydrogen (secondary N) is 2. The highest BCUT2D eigenvalue weighted by Gasteiger charge is 2.33. The lowest BCUT2D eigenvalue weighted by Crippen LogP contribution is -2.40. The molecule has 0 bridgehead atoms. The van der Waals surface area contributed by atoms with E-state index in [1.165, 1.54) is 0 Å². The number of urea groups is 1. The molecule has 7 heteroatoms. The molecule has 2 amide bonds. The zero-order valence-electron chi connectivity index (χ0n) is 17.9. The Bertz CT molecular complexity index is 1100. The number of carbonyl (C=O) groups is 1. The SMILES string of the molecule is CCN1C(=O)N(c2ccc(NCCNC)cc2)c2cc(Cl)ccc2-c2cc(C)cnc21. The van der Waals surface area contributed by atoms with Gasteiger partial charge in [0.2, 0.25) is 0 Å². The number of nitrogens with zero attached hydrogens (tertiary/aromatic N) is 3. The lowest BCUT2D eigenvalue weighted by Gasteiger charge is -2.28. The summed E-state index contributed by atoms with van der Waals surface area (Å²) in [7, 11) is 1.92. The van der Waals surface area contributed by atoms with Crippen molar-refractivity contribution in [1.82, 2.24) is 10.3 Å². The molecule has 31 heavy (non-hydrogen) atoms. The molecule has 0 spiro atoms. The molecule has 6 nitrogen and oxygen atoms in total. The predicted octanol–water partition coefficient (Wildman–Crippen LogP) is 5.44. The highest BCUT2D eigenvalue weighted by atomic mass is 35.5. The van der Waals surface area contributed by atoms with Crippen molar-refractivity contribution in [2.45, 2.75) is 13.8 Å². The number of aromatic nitrogens is 1. The smallest absolute Gasteiger partial charge is 0.334 e. The fraction of sp³-hybridized carbons (Fsp3) is 0.250. The van der Waals surface area contributed by atoms with Crippen LogP contribution in [0.4, 0.5) is 27.7 Å². The third-order valence-electron chi connectivity index (χ3n) is 5.32. The molecule has 1 aliphatic rings. The number of carbonyl (C=O) groups excluding carboxylic acids is 1. The number of aryl methyl sites for hydroxylation is 1. The largest absolute Gasteiger partial charge is 0.384 e. The van der Waals surface area contributed by atoms with Crippen molar-refractivity contribution in [3.63, 3.8) is 0 Å². The zero-order chi connectivity index (χ0) is 22.0. The third-order valence-corrected chi connectivity index (χ3v) is 5.55. The van der Waals surface area contributed by atoms with Crippen LogP contribution >= 0.6 is 11.6 Å². The van der Waals surface area contributed by atoms with Crippen LogP contribution in [0.25, 0.3) is 11.1 Å². The van der Waals surface area contributed by atoms with E-state index < -0.39 is 0 Å². The summed E-state index contributed by atoms with van der Waals surface area (Å²) in [6, 6.07) is 15.5. The molecule has 0 saturated heterocycles. The molecule has 160 valence electrons. The number of pyridine rings is 1. The van der Waals surface area contributed by atoms with Crippen LogP contribution in [0.15, 0.2) is 54.7 Å². The van der Waals surface area contributed by atoms with Crippen molar-refractivity contribution in [3.05, 3.63) is 65.3 Å². The predicted molar refractivity (Wildman–Crippen MR) is 129 cm³/mol. The third kappa shape index (κ3) is 4.09. The molecule has 2 heterocycles. The van der Waals surface area contributed by atoms with Crippen LogP contribution in [0, 0.1) is 6.92 Å². The first kappa shape index (κ1) is 21.2. The van der Waals surface area contributed by atoms with Crippen LogP contribution < -0.4 is 20.4 Å². The van der Waals surface area contributed by atoms with Crippen molar-refractivity contribution in [2.24, 2.45) is 0 Å². The summed E-state index contributed by atoms with van der Waals surface area (Å²) < 4.78 is 0. The molecule has 2 N–H and O–H groups in total. The first-order chi connectivity index (χ1) is 15.0. The van der Waals surface area contributed by atoms with Crippen molar-refractivity contribution in [2.75, 3.05) is 41.8 Å². The van der Waals surface area contributed by atoms with Crippen molar-refractivity contribution in [3.8, 4) is 11.1 Å². The number of likely N-dealkylation sites (N-methyl/N-ethyl adjacent to an activating group) is 1. The number of fused-ring (bicyclic) bond motifs is 3. The summed E-state index contributed by atoms with van der Waals surface area (Å²) in [5.74, 6) is 0.662. The van der Waals surface area contributed by atoms with Gasteiger partial charge in [-0.1, -0.05) is 17.7 Å². The average molecular weight is 436 g/mol. The number of rotatable bonds is 6. The Morgan fingerprint density at radius 3 is 2.52 bits per heavy atom. The molecule has 4 rings (SSSR count). The van der Waals surface area contributed by atoms with E-state index in [0.717, 1.165) is 46.8 Å². The average Bonchev–Trinajstić information content (AvgIpc) is 2.86. The summed E-state index contributed by atoms with van der Waals surface area (Å²) in [6.07, 6.45) is 1.80. The molecule has 0 aliphatic carbocycles. The molecule has 0 unspecified atom stereocenters. The quantitative estimate of drug-likeness (QED) is 0.506. The molecule has 1 aromatic heterocycles. The zero-order valence-corrected chi connectivity index (χ0v) is 18.7. The van der Waals surface area contributed by atoms with Crippen LogP contribution in [0.2, 0.25) is 5.02 Å². The van der Waals surface area contributed by atoms with Crippen LogP contribution in [-0.4, -0.2) is 37.7 Å². The first-order valence-electron chi connectivity index (χ1n) is 10.4. The highest BCUT2D eigenvalue weighted by Crippen LogP contribution is 2.44. The van der Waals surface area contributed by atoms with Crippen molar-refractivity contribution in [1.29, 1.82) is 0 Å². The number of benzene rings is 2. The van der Waals surface area contributed by atoms with E-state index >= 15 is 0 Å². The number of amides is 2. The van der Waals surface area contributed by atoms with Gasteiger partial charge in [-0.3, -0.25) is 9.80 Å². The minimum absolute atomic E-state index is 0.156. The second-order valence-electron chi connectivity index (χ2n) is 7.48. The summed E-state index contributed by atoms with van der Waals surface area (Å²) in [4.78, 5) is 21.8. The van der Waals surface area contributed by atoms with Crippen LogP contribution in [0.1, 0.15) is 12.5 Å². The minimum Gasteiger partial charge on any atom is -0.384 e. The van der Waals surface area contributed by atoms with Gasteiger partial charge >= 0.3 is 6.03 Å². The molecule has 0 atom stereocenters. The molecule has 3 aromatic rings. The second kappa shape index (κ2) is 8.96. The second-order valence-corrected chi connectivity index (χ2v) is 7.92. The summed E-state index contributed by atoms with van der Waals surface area (Å²) in [5.41, 5.74) is 5.41. The molecule has 2 aromatic carbocycles. The minimum atomic E-state index is -0.156. The van der Waals surface area contributed by atoms with Gasteiger partial charge in [-0.2, -0.15) is 0 Å². The van der Waals surface area contributed by atoms with E-state index in [0.29, 0.717) is 17.4 Å². The van der Waals surface area contributed by atoms with Gasteiger partial charge in [-0.25, -0.2) is 9.78 Å². The van der Waals surface area contributed by atoms with Gasteiger partial charge in [0.25, 0.3) is 0 Å². The van der Waals surface area contributed by atoms with E-state index in [9.17, 15) is 4.79 Å². The lowest BCUT2D eigenvalue weighted by atomic mass is 10.0. The van der Waals surface area contributed by atoms with E-state index in [1.54, 1.807) is 16.0 Å². The van der Waals surface area contributed by atoms with Crippen LogP contribution in [0.5, 0.6) is 0 Å². The summed E-state index contributed by atoms with van der Waals surface area (Å²) in [5, 5.41) is 7.05. The van der Waals surface area contributed by atoms with Gasteiger partial charge in [0.05, 0.1) is 11.4 Å². The van der Waals surface area contributed by atoms with Crippen LogP contribution in [0.3, 0.4) is 0 Å². The van der Waals surface area contributed by atoms with Gasteiger partial charge in [0.1, 0.15) is 5.82 Å². The van der Waals surface area contributed by atoms with Gasteiger partial charge in [-0.05, 0) is 68.9 Å². The Kier molecular flexibility index (Phi) is 6.11. The van der Waals surface area contributed by atoms with Gasteiger partial charge in [0, 0.05) is 47.7 Å². The molecule has 0 radical (unpaired) electrons. The maximum Gasteiger partial charge on any atom is 0.334 e. The maximum atomic E-state index is 13.7. The van der Waals surface area contributed by atoms with E-state index in [4.69, 9.17) is 11.6 Å². The Morgan fingerprint density at radius 2 is 1.81 bits per heavy atom. The topological polar surface area (TPSA) is 60.5 Å². The number of anilines is 4. The van der Waals surface area contributed by atoms with Gasteiger partial charge in [0.15, 0.2) is 0 Å². The highest BCUT2D eigenvalue weighted by molar-refractivity contribution is 6.31.